The van der Waals surface area contributed by atoms with E-state index in [-0.39, 0.29) is 18.8 Å². The van der Waals surface area contributed by atoms with Gasteiger partial charge in [0.1, 0.15) is 18.0 Å². The zero-order valence-corrected chi connectivity index (χ0v) is 22.3. The van der Waals surface area contributed by atoms with E-state index in [1.165, 1.54) is 12.8 Å². The lowest BCUT2D eigenvalue weighted by atomic mass is 10.0. The number of nitrogens with one attached hydrogen (secondary N) is 1. The van der Waals surface area contributed by atoms with Crippen molar-refractivity contribution in [1.29, 1.82) is 0 Å². The van der Waals surface area contributed by atoms with Gasteiger partial charge in [-0.25, -0.2) is 9.97 Å². The molecule has 2 fully saturated rings. The van der Waals surface area contributed by atoms with Crippen molar-refractivity contribution in [2.45, 2.75) is 65.2 Å². The average Bonchev–Trinajstić information content (AvgIpc) is 3.76. The minimum absolute atomic E-state index is 0.185. The molecule has 1 saturated carbocycles. The average molecular weight is 522 g/mol. The fourth-order valence-corrected chi connectivity index (χ4v) is 5.65. The topological polar surface area (TPSA) is 122 Å². The molecule has 2 aliphatic heterocycles. The Kier molecular flexibility index (Phi) is 6.19. The first kappa shape index (κ1) is 24.9. The maximum Gasteiger partial charge on any atom is 0.257 e. The number of aromatic nitrogens is 3. The van der Waals surface area contributed by atoms with E-state index in [9.17, 15) is 10.2 Å². The van der Waals surface area contributed by atoms with Crippen LogP contribution < -0.4 is 19.7 Å². The molecule has 0 aromatic carbocycles. The Bertz CT molecular complexity index is 1320. The van der Waals surface area contributed by atoms with Crippen molar-refractivity contribution in [2.75, 3.05) is 30.0 Å². The van der Waals surface area contributed by atoms with Crippen molar-refractivity contribution < 1.29 is 24.4 Å². The first-order valence-electron chi connectivity index (χ1n) is 13.4. The second-order valence-electron chi connectivity index (χ2n) is 10.7. The van der Waals surface area contributed by atoms with Crippen LogP contribution in [0.25, 0.3) is 0 Å². The van der Waals surface area contributed by atoms with Crippen LogP contribution in [-0.2, 0) is 11.2 Å². The van der Waals surface area contributed by atoms with E-state index in [2.05, 4.69) is 16.9 Å². The second-order valence-corrected chi connectivity index (χ2v) is 10.7. The Morgan fingerprint density at radius 2 is 2.05 bits per heavy atom. The minimum atomic E-state index is -0.901. The summed E-state index contributed by atoms with van der Waals surface area (Å²) >= 11 is 0. The van der Waals surface area contributed by atoms with E-state index in [1.54, 1.807) is 6.92 Å². The molecule has 6 rings (SSSR count). The second kappa shape index (κ2) is 9.43. The molecule has 1 saturated heterocycles. The summed E-state index contributed by atoms with van der Waals surface area (Å²) in [5.74, 6) is 3.55. The largest absolute Gasteiger partial charge is 0.479 e. The molecular formula is C28H35N5O5. The number of aryl methyl sites for hydroxylation is 2. The van der Waals surface area contributed by atoms with Crippen molar-refractivity contribution >= 4 is 11.8 Å². The summed E-state index contributed by atoms with van der Waals surface area (Å²) in [5.41, 5.74) is 4.39. The molecule has 202 valence electrons. The molecule has 2 aliphatic carbocycles. The van der Waals surface area contributed by atoms with Crippen molar-refractivity contribution in [3.8, 4) is 11.6 Å². The van der Waals surface area contributed by atoms with Gasteiger partial charge in [-0.1, -0.05) is 6.58 Å². The summed E-state index contributed by atoms with van der Waals surface area (Å²) in [4.78, 5) is 16.4. The normalized spacial score (nSPS) is 25.2. The predicted molar refractivity (Wildman–Crippen MR) is 141 cm³/mol. The summed E-state index contributed by atoms with van der Waals surface area (Å²) in [6.45, 7) is 12.6. The molecule has 0 spiro atoms. The van der Waals surface area contributed by atoms with E-state index in [4.69, 9.17) is 24.2 Å². The van der Waals surface area contributed by atoms with Gasteiger partial charge >= 0.3 is 0 Å². The van der Waals surface area contributed by atoms with Crippen molar-refractivity contribution in [1.82, 2.24) is 15.0 Å². The highest BCUT2D eigenvalue weighted by atomic mass is 16.5. The highest BCUT2D eigenvalue weighted by molar-refractivity contribution is 5.72. The maximum absolute atomic E-state index is 10.8. The molecular weight excluding hydrogens is 486 g/mol. The number of pyridine rings is 1. The Labute approximate surface area is 222 Å². The number of allylic oxidation sites excluding steroid dienone is 1. The fraction of sp³-hybridized carbons (Fsp3) is 0.536. The van der Waals surface area contributed by atoms with E-state index < -0.39 is 12.0 Å². The van der Waals surface area contributed by atoms with Gasteiger partial charge in [-0.05, 0) is 52.5 Å². The number of ether oxygens (including phenoxy) is 3. The lowest BCUT2D eigenvalue weighted by molar-refractivity contribution is 0.0649. The van der Waals surface area contributed by atoms with E-state index >= 15 is 0 Å². The molecule has 4 unspecified atom stereocenters. The van der Waals surface area contributed by atoms with Crippen LogP contribution in [0.2, 0.25) is 0 Å². The van der Waals surface area contributed by atoms with Gasteiger partial charge in [0.15, 0.2) is 11.5 Å². The Hall–Kier alpha value is -3.37. The molecule has 4 aliphatic rings. The highest BCUT2D eigenvalue weighted by Gasteiger charge is 2.61. The number of rotatable bonds is 10. The number of aliphatic hydroxyl groups is 2. The Balaban J connectivity index is 1.41. The summed E-state index contributed by atoms with van der Waals surface area (Å²) in [6, 6.07) is 1.81. The molecule has 10 nitrogen and oxygen atoms in total. The summed E-state index contributed by atoms with van der Waals surface area (Å²) in [6.07, 6.45) is 1.83. The molecule has 0 radical (unpaired) electrons. The lowest BCUT2D eigenvalue weighted by Crippen LogP contribution is -2.31. The maximum atomic E-state index is 10.8. The first-order valence-corrected chi connectivity index (χ1v) is 13.4. The quantitative estimate of drug-likeness (QED) is 0.317. The number of hydrogen-bond donors (Lipinski definition) is 3. The van der Waals surface area contributed by atoms with Gasteiger partial charge in [-0.15, -0.1) is 0 Å². The van der Waals surface area contributed by atoms with Gasteiger partial charge in [-0.2, -0.15) is 4.98 Å². The monoisotopic (exact) mass is 521 g/mol. The fourth-order valence-electron chi connectivity index (χ4n) is 5.65. The Morgan fingerprint density at radius 1 is 1.26 bits per heavy atom. The zero-order valence-electron chi connectivity index (χ0n) is 22.3. The molecule has 2 aromatic rings. The molecule has 2 aromatic heterocycles. The predicted octanol–water partition coefficient (Wildman–Crippen LogP) is 3.32. The van der Waals surface area contributed by atoms with Crippen molar-refractivity contribution in [3.63, 3.8) is 0 Å². The van der Waals surface area contributed by atoms with Gasteiger partial charge in [0.25, 0.3) is 5.88 Å². The van der Waals surface area contributed by atoms with Gasteiger partial charge in [-0.3, -0.25) is 0 Å². The molecule has 38 heavy (non-hydrogen) atoms. The van der Waals surface area contributed by atoms with Crippen LogP contribution in [0.1, 0.15) is 55.3 Å². The van der Waals surface area contributed by atoms with Gasteiger partial charge in [0.05, 0.1) is 42.0 Å². The number of aliphatic hydroxyl groups excluding tert-OH is 2. The van der Waals surface area contributed by atoms with Crippen LogP contribution in [0.5, 0.6) is 11.6 Å². The summed E-state index contributed by atoms with van der Waals surface area (Å²) in [5, 5.41) is 24.4. The van der Waals surface area contributed by atoms with Crippen LogP contribution in [0, 0.1) is 25.7 Å². The van der Waals surface area contributed by atoms with E-state index in [0.29, 0.717) is 53.9 Å². The zero-order chi connectivity index (χ0) is 26.7. The van der Waals surface area contributed by atoms with Crippen molar-refractivity contribution in [3.05, 3.63) is 52.4 Å². The highest BCUT2D eigenvalue weighted by Crippen LogP contribution is 2.55. The van der Waals surface area contributed by atoms with Crippen LogP contribution in [-0.4, -0.2) is 57.1 Å². The molecule has 3 N–H and O–H groups in total. The number of anilines is 2. The van der Waals surface area contributed by atoms with Crippen LogP contribution >= 0.6 is 0 Å². The lowest BCUT2D eigenvalue weighted by Gasteiger charge is -2.24. The molecule has 0 amide bonds. The van der Waals surface area contributed by atoms with Crippen LogP contribution in [0.3, 0.4) is 0 Å². The molecule has 0 bridgehead atoms. The van der Waals surface area contributed by atoms with Gasteiger partial charge in [0, 0.05) is 30.1 Å². The van der Waals surface area contributed by atoms with Gasteiger partial charge in [0.2, 0.25) is 5.95 Å². The number of fused-ring (bicyclic) bond motifs is 2. The summed E-state index contributed by atoms with van der Waals surface area (Å²) < 4.78 is 18.1. The third-order valence-electron chi connectivity index (χ3n) is 7.58. The Morgan fingerprint density at radius 3 is 2.74 bits per heavy atom. The first-order chi connectivity index (χ1) is 18.3. The molecule has 4 atom stereocenters. The molecule has 10 heteroatoms. The standard InChI is InChI=1S/C28H35N5O5/c1-6-36-27-24-17(9-14(4)30-27)10-19(38-24)20-15(5)31-28(29-11-16-7-8-16)32-26(20)33-21-18(12-34)23(35)25(22(21)33)37-13(2)3/h9,16,18-19,21,23,34-35H,2,6-8,10-12H2,1,3-5H3,(H,29,31,32). The van der Waals surface area contributed by atoms with E-state index in [1.807, 2.05) is 31.7 Å². The number of hydrogen-bond acceptors (Lipinski definition) is 10. The summed E-state index contributed by atoms with van der Waals surface area (Å²) in [7, 11) is 0. The smallest absolute Gasteiger partial charge is 0.257 e. The number of nitrogens with zero attached hydrogens (tertiary/aromatic N) is 4. The third kappa shape index (κ3) is 4.25. The molecule has 4 heterocycles. The minimum Gasteiger partial charge on any atom is -0.479 e. The third-order valence-corrected chi connectivity index (χ3v) is 7.58. The van der Waals surface area contributed by atoms with Crippen molar-refractivity contribution in [2.24, 2.45) is 11.8 Å². The van der Waals surface area contributed by atoms with Crippen LogP contribution in [0.4, 0.5) is 11.8 Å². The van der Waals surface area contributed by atoms with Gasteiger partial charge < -0.3 is 34.6 Å². The van der Waals surface area contributed by atoms with E-state index in [0.717, 1.165) is 34.8 Å². The SMILES string of the molecule is C=C(C)OC1=C2C(C(CO)C1O)N2c1nc(NCC2CC2)nc(C)c1C1Cc2cc(C)nc(OCC)c2O1. The van der Waals surface area contributed by atoms with Crippen LogP contribution in [0.15, 0.2) is 29.9 Å².